The molecule has 0 amide bonds. The van der Waals surface area contributed by atoms with Crippen LogP contribution in [0.2, 0.25) is 0 Å². The average molecular weight is 218 g/mol. The van der Waals surface area contributed by atoms with Crippen LogP contribution in [0.4, 0.5) is 0 Å². The Hall–Kier alpha value is -0.240. The number of methoxy groups -OCH3 is 1. The highest BCUT2D eigenvalue weighted by Crippen LogP contribution is 2.60. The van der Waals surface area contributed by atoms with Crippen molar-refractivity contribution >= 4 is 0 Å². The van der Waals surface area contributed by atoms with Crippen LogP contribution in [0.3, 0.4) is 0 Å². The van der Waals surface area contributed by atoms with Crippen molar-refractivity contribution in [1.82, 2.24) is 0 Å². The third-order valence-electron chi connectivity index (χ3n) is 3.86. The molecule has 15 heavy (non-hydrogen) atoms. The lowest BCUT2D eigenvalue weighted by molar-refractivity contribution is -0.201. The summed E-state index contributed by atoms with van der Waals surface area (Å²) in [6.07, 6.45) is -3.46. The minimum atomic E-state index is -1.01. The van der Waals surface area contributed by atoms with Gasteiger partial charge in [-0.3, -0.25) is 0 Å². The van der Waals surface area contributed by atoms with E-state index in [0.717, 1.165) is 0 Å². The molecular weight excluding hydrogens is 204 g/mol. The molecule has 3 fully saturated rings. The van der Waals surface area contributed by atoms with Gasteiger partial charge in [0.2, 0.25) is 0 Å². The summed E-state index contributed by atoms with van der Waals surface area (Å²) in [5.41, 5.74) is 0. The second-order valence-corrected chi connectivity index (χ2v) is 4.36. The molecule has 0 aromatic heterocycles. The molecule has 86 valence electrons. The van der Waals surface area contributed by atoms with Gasteiger partial charge in [0, 0.05) is 30.8 Å². The molecule has 6 heteroatoms. The van der Waals surface area contributed by atoms with Gasteiger partial charge in [0.15, 0.2) is 25.2 Å². The normalized spacial score (nSPS) is 62.4. The molecular formula is C9H14O6. The van der Waals surface area contributed by atoms with Crippen LogP contribution in [0.1, 0.15) is 0 Å². The van der Waals surface area contributed by atoms with Gasteiger partial charge in [0.25, 0.3) is 0 Å². The van der Waals surface area contributed by atoms with Crippen molar-refractivity contribution in [2.45, 2.75) is 25.2 Å². The molecule has 0 aromatic carbocycles. The fraction of sp³-hybridized carbons (Fsp3) is 1.00. The molecule has 1 saturated carbocycles. The molecule has 1 aliphatic carbocycles. The van der Waals surface area contributed by atoms with Gasteiger partial charge in [-0.05, 0) is 0 Å². The molecule has 0 bridgehead atoms. The second kappa shape index (κ2) is 3.13. The van der Waals surface area contributed by atoms with Crippen molar-refractivity contribution in [3.8, 4) is 0 Å². The van der Waals surface area contributed by atoms with E-state index in [4.69, 9.17) is 14.2 Å². The molecule has 3 rings (SSSR count). The third kappa shape index (κ3) is 1.09. The van der Waals surface area contributed by atoms with Crippen molar-refractivity contribution in [1.29, 1.82) is 0 Å². The van der Waals surface area contributed by atoms with E-state index in [0.29, 0.717) is 0 Å². The van der Waals surface area contributed by atoms with E-state index in [2.05, 4.69) is 0 Å². The van der Waals surface area contributed by atoms with Crippen molar-refractivity contribution in [2.75, 3.05) is 7.11 Å². The first-order valence-corrected chi connectivity index (χ1v) is 5.03. The third-order valence-corrected chi connectivity index (χ3v) is 3.86. The molecule has 2 saturated heterocycles. The van der Waals surface area contributed by atoms with Crippen LogP contribution < -0.4 is 0 Å². The van der Waals surface area contributed by atoms with Gasteiger partial charge in [0.05, 0.1) is 0 Å². The van der Waals surface area contributed by atoms with Gasteiger partial charge < -0.3 is 29.5 Å². The zero-order chi connectivity index (χ0) is 10.7. The Morgan fingerprint density at radius 3 is 1.80 bits per heavy atom. The molecule has 3 N–H and O–H groups in total. The average Bonchev–Trinajstić information content (AvgIpc) is 2.49. The Balaban J connectivity index is 1.86. The Morgan fingerprint density at radius 2 is 1.27 bits per heavy atom. The second-order valence-electron chi connectivity index (χ2n) is 4.36. The maximum absolute atomic E-state index is 9.62. The van der Waals surface area contributed by atoms with Crippen LogP contribution in [0.5, 0.6) is 0 Å². The predicted molar refractivity (Wildman–Crippen MR) is 44.9 cm³/mol. The fourth-order valence-electron chi connectivity index (χ4n) is 3.24. The SMILES string of the molecule is COC1OC(O)C2C3C(O)OC(O)C3C12. The first-order valence-electron chi connectivity index (χ1n) is 5.03. The van der Waals surface area contributed by atoms with Crippen LogP contribution in [0.25, 0.3) is 0 Å². The van der Waals surface area contributed by atoms with Crippen molar-refractivity contribution in [3.05, 3.63) is 0 Å². The van der Waals surface area contributed by atoms with Gasteiger partial charge >= 0.3 is 0 Å². The Morgan fingerprint density at radius 1 is 0.800 bits per heavy atom. The number of aliphatic hydroxyl groups is 3. The van der Waals surface area contributed by atoms with E-state index in [1.807, 2.05) is 0 Å². The van der Waals surface area contributed by atoms with Crippen LogP contribution in [-0.2, 0) is 14.2 Å². The maximum atomic E-state index is 9.62. The van der Waals surface area contributed by atoms with Gasteiger partial charge in [-0.25, -0.2) is 0 Å². The van der Waals surface area contributed by atoms with Crippen molar-refractivity contribution in [3.63, 3.8) is 0 Å². The minimum Gasteiger partial charge on any atom is -0.368 e. The van der Waals surface area contributed by atoms with Gasteiger partial charge in [0.1, 0.15) is 0 Å². The number of ether oxygens (including phenoxy) is 3. The van der Waals surface area contributed by atoms with Crippen LogP contribution in [0, 0.1) is 23.7 Å². The van der Waals surface area contributed by atoms with E-state index in [-0.39, 0.29) is 23.7 Å². The Labute approximate surface area is 86.4 Å². The molecule has 8 atom stereocenters. The lowest BCUT2D eigenvalue weighted by atomic mass is 9.57. The zero-order valence-electron chi connectivity index (χ0n) is 8.19. The number of hydrogen-bond donors (Lipinski definition) is 3. The maximum Gasteiger partial charge on any atom is 0.164 e. The Kier molecular flexibility index (Phi) is 2.08. The van der Waals surface area contributed by atoms with Gasteiger partial charge in [-0.15, -0.1) is 0 Å². The van der Waals surface area contributed by atoms with Crippen LogP contribution in [-0.4, -0.2) is 47.6 Å². The summed E-state index contributed by atoms with van der Waals surface area (Å²) >= 11 is 0. The minimum absolute atomic E-state index is 0.0952. The standard InChI is InChI=1S/C9H14O6/c1-13-9-5-3-2(4(5)8(12)15-9)6(10)14-7(3)11/h2-12H,1H3. The quantitative estimate of drug-likeness (QED) is 0.494. The fourth-order valence-corrected chi connectivity index (χ4v) is 3.24. The van der Waals surface area contributed by atoms with Gasteiger partial charge in [-0.2, -0.15) is 0 Å². The molecule has 2 heterocycles. The summed E-state index contributed by atoms with van der Waals surface area (Å²) in [6.45, 7) is 0. The zero-order valence-corrected chi connectivity index (χ0v) is 8.19. The van der Waals surface area contributed by atoms with Crippen LogP contribution >= 0.6 is 0 Å². The van der Waals surface area contributed by atoms with E-state index in [1.54, 1.807) is 0 Å². The molecule has 3 aliphatic rings. The highest BCUT2D eigenvalue weighted by molar-refractivity contribution is 5.07. The van der Waals surface area contributed by atoms with E-state index in [9.17, 15) is 15.3 Å². The summed E-state index contributed by atoms with van der Waals surface area (Å²) in [4.78, 5) is 0. The lowest BCUT2D eigenvalue weighted by Crippen LogP contribution is -2.53. The van der Waals surface area contributed by atoms with E-state index in [1.165, 1.54) is 7.11 Å². The number of fused-ring (bicyclic) bond motifs is 4. The monoisotopic (exact) mass is 218 g/mol. The summed E-state index contributed by atoms with van der Waals surface area (Å²) < 4.78 is 15.2. The van der Waals surface area contributed by atoms with E-state index >= 15 is 0 Å². The van der Waals surface area contributed by atoms with Crippen molar-refractivity contribution in [2.24, 2.45) is 23.7 Å². The number of hydrogen-bond acceptors (Lipinski definition) is 6. The Bertz CT molecular complexity index is 265. The molecule has 0 radical (unpaired) electrons. The predicted octanol–water partition coefficient (Wildman–Crippen LogP) is -1.55. The van der Waals surface area contributed by atoms with Crippen molar-refractivity contribution < 1.29 is 29.5 Å². The molecule has 6 nitrogen and oxygen atoms in total. The first-order chi connectivity index (χ1) is 7.15. The molecule has 8 unspecified atom stereocenters. The first kappa shape index (κ1) is 9.95. The molecule has 2 aliphatic heterocycles. The summed E-state index contributed by atoms with van der Waals surface area (Å²) in [5, 5.41) is 28.7. The molecule has 0 spiro atoms. The summed E-state index contributed by atoms with van der Waals surface area (Å²) in [7, 11) is 1.49. The van der Waals surface area contributed by atoms with Gasteiger partial charge in [-0.1, -0.05) is 0 Å². The number of aliphatic hydroxyl groups excluding tert-OH is 3. The van der Waals surface area contributed by atoms with E-state index < -0.39 is 25.2 Å². The smallest absolute Gasteiger partial charge is 0.164 e. The number of rotatable bonds is 1. The summed E-state index contributed by atoms with van der Waals surface area (Å²) in [6, 6.07) is 0. The highest BCUT2D eigenvalue weighted by atomic mass is 16.7. The highest BCUT2D eigenvalue weighted by Gasteiger charge is 2.69. The largest absolute Gasteiger partial charge is 0.368 e. The summed E-state index contributed by atoms with van der Waals surface area (Å²) in [5.74, 6) is -0.749. The molecule has 0 aromatic rings. The topological polar surface area (TPSA) is 88.4 Å². The lowest BCUT2D eigenvalue weighted by Gasteiger charge is -2.45. The van der Waals surface area contributed by atoms with Crippen LogP contribution in [0.15, 0.2) is 0 Å².